The van der Waals surface area contributed by atoms with Crippen LogP contribution in [-0.2, 0) is 4.79 Å². The van der Waals surface area contributed by atoms with Crippen LogP contribution < -0.4 is 0 Å². The Kier molecular flexibility index (Phi) is 2.94. The first-order chi connectivity index (χ1) is 5.93. The zero-order chi connectivity index (χ0) is 10.1. The molecule has 2 unspecified atom stereocenters. The molecule has 0 saturated carbocycles. The highest BCUT2D eigenvalue weighted by molar-refractivity contribution is 5.80. The van der Waals surface area contributed by atoms with Crippen molar-refractivity contribution >= 4 is 5.78 Å². The molecule has 0 aliphatic heterocycles. The number of hydrogen-bond acceptors (Lipinski definition) is 1. The van der Waals surface area contributed by atoms with E-state index in [1.807, 2.05) is 0 Å². The number of hydrogen-bond donors (Lipinski definition) is 0. The van der Waals surface area contributed by atoms with E-state index in [1.165, 1.54) is 0 Å². The molecule has 1 rings (SSSR count). The van der Waals surface area contributed by atoms with Gasteiger partial charge in [0.2, 0.25) is 0 Å². The van der Waals surface area contributed by atoms with Gasteiger partial charge in [0.1, 0.15) is 5.78 Å². The van der Waals surface area contributed by atoms with E-state index >= 15 is 0 Å². The van der Waals surface area contributed by atoms with Gasteiger partial charge < -0.3 is 0 Å². The Bertz CT molecular complexity index is 220. The van der Waals surface area contributed by atoms with Crippen molar-refractivity contribution in [1.82, 2.24) is 0 Å². The maximum Gasteiger partial charge on any atom is 0.136 e. The summed E-state index contributed by atoms with van der Waals surface area (Å²) < 4.78 is 0. The highest BCUT2D eigenvalue weighted by Gasteiger charge is 2.34. The molecular weight excluding hydrogens is 160 g/mol. The maximum absolute atomic E-state index is 11.4. The van der Waals surface area contributed by atoms with Gasteiger partial charge in [0, 0.05) is 5.92 Å². The first kappa shape index (κ1) is 10.5. The van der Waals surface area contributed by atoms with Crippen molar-refractivity contribution in [2.24, 2.45) is 17.3 Å². The molecule has 1 aliphatic rings. The van der Waals surface area contributed by atoms with Gasteiger partial charge >= 0.3 is 0 Å². The third kappa shape index (κ3) is 2.43. The molecule has 0 bridgehead atoms. The Labute approximate surface area is 81.2 Å². The number of Topliss-reactive ketones (excluding diaryl/α,β-unsaturated/α-hetero) is 1. The summed E-state index contributed by atoms with van der Waals surface area (Å²) in [4.78, 5) is 11.4. The monoisotopic (exact) mass is 180 g/mol. The first-order valence-corrected chi connectivity index (χ1v) is 5.10. The summed E-state index contributed by atoms with van der Waals surface area (Å²) in [7, 11) is 0. The zero-order valence-corrected chi connectivity index (χ0v) is 9.13. The quantitative estimate of drug-likeness (QED) is 0.566. The lowest BCUT2D eigenvalue weighted by atomic mass is 9.68. The van der Waals surface area contributed by atoms with Gasteiger partial charge in [-0.2, -0.15) is 0 Å². The summed E-state index contributed by atoms with van der Waals surface area (Å²) >= 11 is 0. The molecule has 0 aromatic rings. The Hall–Kier alpha value is -0.590. The Morgan fingerprint density at radius 3 is 2.38 bits per heavy atom. The molecule has 0 aromatic carbocycles. The van der Waals surface area contributed by atoms with E-state index in [4.69, 9.17) is 0 Å². The van der Waals surface area contributed by atoms with Crippen molar-refractivity contribution in [1.29, 1.82) is 0 Å². The molecule has 1 nitrogen and oxygen atoms in total. The largest absolute Gasteiger partial charge is 0.299 e. The van der Waals surface area contributed by atoms with Crippen LogP contribution in [0.15, 0.2) is 12.2 Å². The van der Waals surface area contributed by atoms with E-state index in [0.29, 0.717) is 11.7 Å². The number of rotatable bonds is 1. The normalized spacial score (nSPS) is 28.9. The molecule has 1 aliphatic carbocycles. The number of carbonyl (C=O) groups excluding carboxylic acids is 1. The van der Waals surface area contributed by atoms with Crippen LogP contribution in [0.5, 0.6) is 0 Å². The van der Waals surface area contributed by atoms with Crippen molar-refractivity contribution < 1.29 is 4.79 Å². The number of allylic oxidation sites excluding steroid dienone is 2. The minimum Gasteiger partial charge on any atom is -0.299 e. The summed E-state index contributed by atoms with van der Waals surface area (Å²) in [5, 5.41) is 0. The third-order valence-corrected chi connectivity index (χ3v) is 3.00. The third-order valence-electron chi connectivity index (χ3n) is 3.00. The molecule has 74 valence electrons. The Morgan fingerprint density at radius 1 is 1.38 bits per heavy atom. The van der Waals surface area contributed by atoms with Gasteiger partial charge in [0.15, 0.2) is 0 Å². The molecule has 0 N–H and O–H groups in total. The predicted molar refractivity (Wildman–Crippen MR) is 55.5 cm³/mol. The van der Waals surface area contributed by atoms with Gasteiger partial charge in [0.05, 0.1) is 0 Å². The van der Waals surface area contributed by atoms with Gasteiger partial charge in [-0.3, -0.25) is 4.79 Å². The van der Waals surface area contributed by atoms with E-state index in [-0.39, 0.29) is 11.3 Å². The lowest BCUT2D eigenvalue weighted by Gasteiger charge is -2.36. The predicted octanol–water partition coefficient (Wildman–Crippen LogP) is 3.20. The molecule has 0 radical (unpaired) electrons. The summed E-state index contributed by atoms with van der Waals surface area (Å²) in [6.45, 7) is 8.39. The van der Waals surface area contributed by atoms with Crippen LogP contribution in [0.1, 0.15) is 40.5 Å². The van der Waals surface area contributed by atoms with Gasteiger partial charge in [-0.25, -0.2) is 0 Å². The Balaban J connectivity index is 2.84. The van der Waals surface area contributed by atoms with Crippen molar-refractivity contribution in [2.45, 2.75) is 40.5 Å². The van der Waals surface area contributed by atoms with Crippen LogP contribution in [0.4, 0.5) is 0 Å². The van der Waals surface area contributed by atoms with Crippen LogP contribution in [0.2, 0.25) is 0 Å². The maximum atomic E-state index is 11.4. The van der Waals surface area contributed by atoms with E-state index < -0.39 is 0 Å². The SMILES string of the molecule is CC(=O)C1C=CCCC1C(C)(C)C. The van der Waals surface area contributed by atoms with E-state index in [2.05, 4.69) is 32.9 Å². The van der Waals surface area contributed by atoms with Gasteiger partial charge in [-0.1, -0.05) is 32.9 Å². The number of carbonyl (C=O) groups is 1. The fourth-order valence-corrected chi connectivity index (χ4v) is 2.22. The molecule has 2 atom stereocenters. The molecule has 0 amide bonds. The zero-order valence-electron chi connectivity index (χ0n) is 9.13. The van der Waals surface area contributed by atoms with Crippen molar-refractivity contribution in [2.75, 3.05) is 0 Å². The van der Waals surface area contributed by atoms with Crippen LogP contribution in [0.3, 0.4) is 0 Å². The second-order valence-electron chi connectivity index (χ2n) is 5.11. The van der Waals surface area contributed by atoms with Crippen LogP contribution >= 0.6 is 0 Å². The smallest absolute Gasteiger partial charge is 0.136 e. The average molecular weight is 180 g/mol. The molecule has 0 spiro atoms. The second kappa shape index (κ2) is 3.65. The summed E-state index contributed by atoms with van der Waals surface area (Å²) in [6.07, 6.45) is 6.53. The average Bonchev–Trinajstić information content (AvgIpc) is 2.03. The highest BCUT2D eigenvalue weighted by atomic mass is 16.1. The van der Waals surface area contributed by atoms with E-state index in [9.17, 15) is 4.79 Å². The molecule has 1 heteroatoms. The molecule has 0 fully saturated rings. The fourth-order valence-electron chi connectivity index (χ4n) is 2.22. The minimum atomic E-state index is 0.161. The van der Waals surface area contributed by atoms with Gasteiger partial charge in [-0.05, 0) is 31.1 Å². The highest BCUT2D eigenvalue weighted by Crippen LogP contribution is 2.39. The lowest BCUT2D eigenvalue weighted by molar-refractivity contribution is -0.122. The standard InChI is InChI=1S/C12H20O/c1-9(13)10-7-5-6-8-11(10)12(2,3)4/h5,7,10-11H,6,8H2,1-4H3. The lowest BCUT2D eigenvalue weighted by Crippen LogP contribution is -2.32. The molecule has 13 heavy (non-hydrogen) atoms. The van der Waals surface area contributed by atoms with Gasteiger partial charge in [-0.15, -0.1) is 0 Å². The van der Waals surface area contributed by atoms with Crippen molar-refractivity contribution in [3.8, 4) is 0 Å². The summed E-state index contributed by atoms with van der Waals surface area (Å²) in [6, 6.07) is 0. The van der Waals surface area contributed by atoms with Crippen LogP contribution in [-0.4, -0.2) is 5.78 Å². The van der Waals surface area contributed by atoms with Crippen molar-refractivity contribution in [3.05, 3.63) is 12.2 Å². The van der Waals surface area contributed by atoms with E-state index in [0.717, 1.165) is 12.8 Å². The Morgan fingerprint density at radius 2 is 2.00 bits per heavy atom. The second-order valence-corrected chi connectivity index (χ2v) is 5.11. The molecular formula is C12H20O. The molecule has 0 heterocycles. The van der Waals surface area contributed by atoms with Crippen LogP contribution in [0.25, 0.3) is 0 Å². The minimum absolute atomic E-state index is 0.161. The first-order valence-electron chi connectivity index (χ1n) is 5.10. The van der Waals surface area contributed by atoms with Crippen molar-refractivity contribution in [3.63, 3.8) is 0 Å². The summed E-state index contributed by atoms with van der Waals surface area (Å²) in [5.41, 5.74) is 0.251. The van der Waals surface area contributed by atoms with Gasteiger partial charge in [0.25, 0.3) is 0 Å². The summed E-state index contributed by atoms with van der Waals surface area (Å²) in [5.74, 6) is 1.000. The van der Waals surface area contributed by atoms with Crippen LogP contribution in [0, 0.1) is 17.3 Å². The number of ketones is 1. The molecule has 0 saturated heterocycles. The van der Waals surface area contributed by atoms with E-state index in [1.54, 1.807) is 6.92 Å². The topological polar surface area (TPSA) is 17.1 Å². The molecule has 0 aromatic heterocycles. The fraction of sp³-hybridized carbons (Fsp3) is 0.750.